The van der Waals surface area contributed by atoms with E-state index in [1.807, 2.05) is 0 Å². The summed E-state index contributed by atoms with van der Waals surface area (Å²) in [4.78, 5) is 2.41. The zero-order valence-corrected chi connectivity index (χ0v) is 15.9. The van der Waals surface area contributed by atoms with Gasteiger partial charge >= 0.3 is 6.18 Å². The number of fused-ring (bicyclic) bond motifs is 1. The number of piperidine rings is 1. The first-order chi connectivity index (χ1) is 12.9. The van der Waals surface area contributed by atoms with Crippen molar-refractivity contribution < 1.29 is 13.2 Å². The molecule has 2 aromatic rings. The monoisotopic (exact) mass is 398 g/mol. The molecule has 1 atom stereocenters. The van der Waals surface area contributed by atoms with Crippen LogP contribution in [-0.2, 0) is 12.6 Å². The maximum Gasteiger partial charge on any atom is 0.416 e. The highest BCUT2D eigenvalue weighted by Crippen LogP contribution is 2.40. The number of nitrogens with one attached hydrogen (secondary N) is 1. The molecule has 8 heteroatoms. The highest BCUT2D eigenvalue weighted by atomic mass is 35.5. The van der Waals surface area contributed by atoms with Crippen molar-refractivity contribution in [1.29, 1.82) is 0 Å². The molecule has 0 aliphatic carbocycles. The molecule has 4 rings (SSSR count). The lowest BCUT2D eigenvalue weighted by Gasteiger charge is -2.34. The quantitative estimate of drug-likeness (QED) is 0.784. The Hall–Kier alpha value is -1.73. The predicted octanol–water partition coefficient (Wildman–Crippen LogP) is 5.06. The molecule has 146 valence electrons. The highest BCUT2D eigenvalue weighted by Gasteiger charge is 2.34. The molecule has 1 fully saturated rings. The molecule has 1 saturated heterocycles. The minimum Gasteiger partial charge on any atom is -0.369 e. The number of hydrogen-bond acceptors (Lipinski definition) is 3. The fraction of sp³-hybridized carbons (Fsp3) is 0.526. The molecule has 0 bridgehead atoms. The SMILES string of the molecule is CCN1CCCCC1c1nn(-c2cc(C(F)(F)F)ccc2Cl)c2c1CCN2. The lowest BCUT2D eigenvalue weighted by atomic mass is 9.96. The first-order valence-electron chi connectivity index (χ1n) is 9.37. The molecule has 1 aromatic heterocycles. The number of halogens is 4. The summed E-state index contributed by atoms with van der Waals surface area (Å²) in [7, 11) is 0. The zero-order valence-electron chi connectivity index (χ0n) is 15.1. The van der Waals surface area contributed by atoms with E-state index in [0.717, 1.165) is 68.1 Å². The van der Waals surface area contributed by atoms with E-state index in [-0.39, 0.29) is 16.8 Å². The minimum absolute atomic E-state index is 0.211. The van der Waals surface area contributed by atoms with E-state index < -0.39 is 11.7 Å². The van der Waals surface area contributed by atoms with Gasteiger partial charge in [-0.3, -0.25) is 4.90 Å². The fourth-order valence-corrected chi connectivity index (χ4v) is 4.37. The molecule has 0 radical (unpaired) electrons. The van der Waals surface area contributed by atoms with Crippen LogP contribution in [0, 0.1) is 0 Å². The minimum atomic E-state index is -4.42. The average Bonchev–Trinajstić information content (AvgIpc) is 3.24. The first-order valence-corrected chi connectivity index (χ1v) is 9.74. The van der Waals surface area contributed by atoms with E-state index in [1.165, 1.54) is 12.5 Å². The van der Waals surface area contributed by atoms with E-state index >= 15 is 0 Å². The second-order valence-electron chi connectivity index (χ2n) is 7.11. The smallest absolute Gasteiger partial charge is 0.369 e. The van der Waals surface area contributed by atoms with Crippen molar-refractivity contribution in [2.45, 2.75) is 44.8 Å². The lowest BCUT2D eigenvalue weighted by molar-refractivity contribution is -0.137. The molecule has 1 unspecified atom stereocenters. The van der Waals surface area contributed by atoms with Gasteiger partial charge < -0.3 is 5.32 Å². The maximum atomic E-state index is 13.2. The Morgan fingerprint density at radius 2 is 2.11 bits per heavy atom. The van der Waals surface area contributed by atoms with Gasteiger partial charge in [0.25, 0.3) is 0 Å². The summed E-state index contributed by atoms with van der Waals surface area (Å²) in [5, 5.41) is 8.31. The Bertz CT molecular complexity index is 846. The summed E-state index contributed by atoms with van der Waals surface area (Å²) in [5.41, 5.74) is 1.62. The molecule has 4 nitrogen and oxygen atoms in total. The second kappa shape index (κ2) is 7.02. The number of aromatic nitrogens is 2. The number of anilines is 1. The molecule has 3 heterocycles. The van der Waals surface area contributed by atoms with Crippen molar-refractivity contribution in [3.05, 3.63) is 40.0 Å². The third-order valence-electron chi connectivity index (χ3n) is 5.52. The maximum absolute atomic E-state index is 13.2. The van der Waals surface area contributed by atoms with Crippen LogP contribution in [0.1, 0.15) is 49.0 Å². The summed E-state index contributed by atoms with van der Waals surface area (Å²) >= 11 is 6.27. The predicted molar refractivity (Wildman–Crippen MR) is 99.6 cm³/mol. The topological polar surface area (TPSA) is 33.1 Å². The number of hydrogen-bond donors (Lipinski definition) is 1. The van der Waals surface area contributed by atoms with Crippen LogP contribution in [0.5, 0.6) is 0 Å². The van der Waals surface area contributed by atoms with Crippen molar-refractivity contribution >= 4 is 17.4 Å². The Labute approximate surface area is 161 Å². The van der Waals surface area contributed by atoms with Crippen molar-refractivity contribution in [2.75, 3.05) is 25.0 Å². The van der Waals surface area contributed by atoms with Crippen LogP contribution >= 0.6 is 11.6 Å². The van der Waals surface area contributed by atoms with Crippen LogP contribution in [0.15, 0.2) is 18.2 Å². The average molecular weight is 399 g/mol. The second-order valence-corrected chi connectivity index (χ2v) is 7.51. The van der Waals surface area contributed by atoms with Crippen LogP contribution in [0.3, 0.4) is 0 Å². The summed E-state index contributed by atoms with van der Waals surface area (Å²) < 4.78 is 41.1. The highest BCUT2D eigenvalue weighted by molar-refractivity contribution is 6.32. The Balaban J connectivity index is 1.82. The molecule has 0 amide bonds. The van der Waals surface area contributed by atoms with Gasteiger partial charge in [-0.05, 0) is 50.6 Å². The van der Waals surface area contributed by atoms with E-state index in [0.29, 0.717) is 0 Å². The Morgan fingerprint density at radius 1 is 1.30 bits per heavy atom. The summed E-state index contributed by atoms with van der Waals surface area (Å²) in [6.07, 6.45) is -0.261. The Kier molecular flexibility index (Phi) is 4.84. The largest absolute Gasteiger partial charge is 0.416 e. The third-order valence-corrected chi connectivity index (χ3v) is 5.84. The number of likely N-dealkylation sites (tertiary alicyclic amines) is 1. The third kappa shape index (κ3) is 3.31. The first kappa shape index (κ1) is 18.6. The molecular formula is C19H22ClF3N4. The van der Waals surface area contributed by atoms with Crippen LogP contribution in [0.2, 0.25) is 5.02 Å². The van der Waals surface area contributed by atoms with E-state index in [4.69, 9.17) is 16.7 Å². The van der Waals surface area contributed by atoms with Crippen molar-refractivity contribution in [3.8, 4) is 5.69 Å². The number of nitrogens with zero attached hydrogens (tertiary/aromatic N) is 3. The van der Waals surface area contributed by atoms with Gasteiger partial charge in [-0.1, -0.05) is 24.9 Å². The zero-order chi connectivity index (χ0) is 19.2. The van der Waals surface area contributed by atoms with Gasteiger partial charge in [-0.15, -0.1) is 0 Å². The summed E-state index contributed by atoms with van der Waals surface area (Å²) in [6, 6.07) is 3.59. The molecule has 27 heavy (non-hydrogen) atoms. The van der Waals surface area contributed by atoms with Gasteiger partial charge in [0.15, 0.2) is 0 Å². The number of rotatable bonds is 3. The van der Waals surface area contributed by atoms with Gasteiger partial charge in [-0.2, -0.15) is 18.3 Å². The van der Waals surface area contributed by atoms with Gasteiger partial charge in [0.1, 0.15) is 5.82 Å². The Morgan fingerprint density at radius 3 is 2.85 bits per heavy atom. The van der Waals surface area contributed by atoms with E-state index in [9.17, 15) is 13.2 Å². The van der Waals surface area contributed by atoms with Gasteiger partial charge in [0.05, 0.1) is 28.0 Å². The lowest BCUT2D eigenvalue weighted by Crippen LogP contribution is -2.34. The molecular weight excluding hydrogens is 377 g/mol. The molecule has 1 N–H and O–H groups in total. The van der Waals surface area contributed by atoms with Crippen LogP contribution in [0.4, 0.5) is 19.0 Å². The van der Waals surface area contributed by atoms with Gasteiger partial charge in [-0.25, -0.2) is 4.68 Å². The van der Waals surface area contributed by atoms with Crippen molar-refractivity contribution in [2.24, 2.45) is 0 Å². The van der Waals surface area contributed by atoms with Crippen LogP contribution in [0.25, 0.3) is 5.69 Å². The summed E-state index contributed by atoms with van der Waals surface area (Å²) in [5.74, 6) is 0.771. The normalized spacial score (nSPS) is 20.6. The van der Waals surface area contributed by atoms with Crippen molar-refractivity contribution in [1.82, 2.24) is 14.7 Å². The number of alkyl halides is 3. The van der Waals surface area contributed by atoms with E-state index in [1.54, 1.807) is 4.68 Å². The molecule has 2 aliphatic rings. The number of benzene rings is 1. The molecule has 0 saturated carbocycles. The van der Waals surface area contributed by atoms with Crippen LogP contribution < -0.4 is 5.32 Å². The molecule has 1 aromatic carbocycles. The van der Waals surface area contributed by atoms with E-state index in [2.05, 4.69) is 17.1 Å². The standard InChI is InChI=1S/C19H22ClF3N4/c1-2-26-10-4-3-5-15(26)17-13-8-9-24-18(13)27(25-17)16-11-12(19(21,22)23)6-7-14(16)20/h6-7,11,15,24H,2-5,8-10H2,1H3. The van der Waals surface area contributed by atoms with Gasteiger partial charge in [0.2, 0.25) is 0 Å². The van der Waals surface area contributed by atoms with Gasteiger partial charge in [0, 0.05) is 12.1 Å². The van der Waals surface area contributed by atoms with Crippen LogP contribution in [-0.4, -0.2) is 34.3 Å². The van der Waals surface area contributed by atoms with Crippen molar-refractivity contribution in [3.63, 3.8) is 0 Å². The fourth-order valence-electron chi connectivity index (χ4n) is 4.17. The molecule has 0 spiro atoms. The summed E-state index contributed by atoms with van der Waals surface area (Å²) in [6.45, 7) is 4.86. The molecule has 2 aliphatic heterocycles.